The molecule has 2 aromatic carbocycles. The monoisotopic (exact) mass is 322 g/mol. The van der Waals surface area contributed by atoms with Crippen LogP contribution < -0.4 is 16.2 Å². The zero-order valence-electron chi connectivity index (χ0n) is 12.8. The molecule has 0 aliphatic rings. The SMILES string of the molecule is CC(=O)c1cccc(NC(=O)Nc2ccc3nc[nH]c(=O)c3c2)c1. The molecule has 0 aliphatic carbocycles. The fourth-order valence-electron chi connectivity index (χ4n) is 2.26. The quantitative estimate of drug-likeness (QED) is 0.645. The molecule has 0 spiro atoms. The van der Waals surface area contributed by atoms with Crippen molar-refractivity contribution in [3.8, 4) is 0 Å². The van der Waals surface area contributed by atoms with Gasteiger partial charge in [0.25, 0.3) is 5.56 Å². The molecule has 3 rings (SSSR count). The van der Waals surface area contributed by atoms with Gasteiger partial charge in [-0.15, -0.1) is 0 Å². The average Bonchev–Trinajstić information content (AvgIpc) is 2.56. The van der Waals surface area contributed by atoms with E-state index >= 15 is 0 Å². The van der Waals surface area contributed by atoms with E-state index in [2.05, 4.69) is 20.6 Å². The Balaban J connectivity index is 1.77. The summed E-state index contributed by atoms with van der Waals surface area (Å²) in [5.41, 5.74) is 1.73. The topological polar surface area (TPSA) is 104 Å². The number of urea groups is 1. The first-order valence-corrected chi connectivity index (χ1v) is 7.19. The molecule has 1 heterocycles. The number of amides is 2. The molecule has 0 bridgehead atoms. The molecule has 3 N–H and O–H groups in total. The van der Waals surface area contributed by atoms with E-state index in [1.54, 1.807) is 42.5 Å². The zero-order chi connectivity index (χ0) is 17.1. The van der Waals surface area contributed by atoms with E-state index in [-0.39, 0.29) is 11.3 Å². The van der Waals surface area contributed by atoms with Crippen molar-refractivity contribution in [3.63, 3.8) is 0 Å². The predicted molar refractivity (Wildman–Crippen MR) is 91.5 cm³/mol. The number of anilines is 2. The van der Waals surface area contributed by atoms with Crippen molar-refractivity contribution in [1.82, 2.24) is 9.97 Å². The maximum Gasteiger partial charge on any atom is 0.323 e. The molecule has 0 atom stereocenters. The fraction of sp³-hybridized carbons (Fsp3) is 0.0588. The maximum atomic E-state index is 12.1. The Morgan fingerprint density at radius 2 is 1.79 bits per heavy atom. The van der Waals surface area contributed by atoms with Gasteiger partial charge in [0.05, 0.1) is 17.2 Å². The van der Waals surface area contributed by atoms with Crippen molar-refractivity contribution in [1.29, 1.82) is 0 Å². The number of H-pyrrole nitrogens is 1. The summed E-state index contributed by atoms with van der Waals surface area (Å²) in [5, 5.41) is 5.67. The predicted octanol–water partition coefficient (Wildman–Crippen LogP) is 2.77. The van der Waals surface area contributed by atoms with Crippen LogP contribution in [0.15, 0.2) is 53.6 Å². The third kappa shape index (κ3) is 3.30. The minimum absolute atomic E-state index is 0.0830. The highest BCUT2D eigenvalue weighted by molar-refractivity contribution is 6.02. The molecule has 24 heavy (non-hydrogen) atoms. The number of nitrogens with one attached hydrogen (secondary N) is 3. The number of nitrogens with zero attached hydrogens (tertiary/aromatic N) is 1. The molecular formula is C17H14N4O3. The van der Waals surface area contributed by atoms with Crippen LogP contribution in [0.25, 0.3) is 10.9 Å². The smallest absolute Gasteiger partial charge is 0.313 e. The van der Waals surface area contributed by atoms with Gasteiger partial charge in [0.15, 0.2) is 5.78 Å². The average molecular weight is 322 g/mol. The van der Waals surface area contributed by atoms with E-state index in [1.807, 2.05) is 0 Å². The summed E-state index contributed by atoms with van der Waals surface area (Å²) < 4.78 is 0. The van der Waals surface area contributed by atoms with Crippen LogP contribution in [-0.4, -0.2) is 21.8 Å². The van der Waals surface area contributed by atoms with Gasteiger partial charge in [-0.05, 0) is 37.3 Å². The lowest BCUT2D eigenvalue weighted by molar-refractivity contribution is 0.101. The Bertz CT molecular complexity index is 994. The van der Waals surface area contributed by atoms with Gasteiger partial charge in [0, 0.05) is 16.9 Å². The van der Waals surface area contributed by atoms with Gasteiger partial charge in [-0.3, -0.25) is 9.59 Å². The molecule has 2 amide bonds. The molecule has 0 saturated carbocycles. The van der Waals surface area contributed by atoms with Crippen LogP contribution >= 0.6 is 0 Å². The van der Waals surface area contributed by atoms with Crippen molar-refractivity contribution in [3.05, 3.63) is 64.7 Å². The van der Waals surface area contributed by atoms with Crippen LogP contribution in [0.3, 0.4) is 0 Å². The summed E-state index contributed by atoms with van der Waals surface area (Å²) in [6.45, 7) is 1.46. The number of aromatic amines is 1. The van der Waals surface area contributed by atoms with Gasteiger partial charge >= 0.3 is 6.03 Å². The normalized spacial score (nSPS) is 10.4. The number of hydrogen-bond donors (Lipinski definition) is 3. The van der Waals surface area contributed by atoms with Crippen molar-refractivity contribution in [2.45, 2.75) is 6.92 Å². The minimum Gasteiger partial charge on any atom is -0.313 e. The number of Topliss-reactive ketones (excluding diaryl/α,β-unsaturated/α-hetero) is 1. The molecule has 7 nitrogen and oxygen atoms in total. The first kappa shape index (κ1) is 15.4. The molecule has 1 aromatic heterocycles. The number of ketones is 1. The van der Waals surface area contributed by atoms with Gasteiger partial charge in [-0.2, -0.15) is 0 Å². The maximum absolute atomic E-state index is 12.1. The first-order valence-electron chi connectivity index (χ1n) is 7.19. The lowest BCUT2D eigenvalue weighted by Gasteiger charge is -2.09. The number of carbonyl (C=O) groups excluding carboxylic acids is 2. The van der Waals surface area contributed by atoms with Crippen molar-refractivity contribution in [2.24, 2.45) is 0 Å². The fourth-order valence-corrected chi connectivity index (χ4v) is 2.26. The molecule has 0 fully saturated rings. The summed E-state index contributed by atoms with van der Waals surface area (Å²) >= 11 is 0. The van der Waals surface area contributed by atoms with Gasteiger partial charge < -0.3 is 15.6 Å². The van der Waals surface area contributed by atoms with Crippen molar-refractivity contribution in [2.75, 3.05) is 10.6 Å². The highest BCUT2D eigenvalue weighted by Crippen LogP contribution is 2.15. The number of fused-ring (bicyclic) bond motifs is 1. The van der Waals surface area contributed by atoms with Gasteiger partial charge in [0.2, 0.25) is 0 Å². The largest absolute Gasteiger partial charge is 0.323 e. The van der Waals surface area contributed by atoms with Crippen molar-refractivity contribution >= 4 is 34.1 Å². The second-order valence-corrected chi connectivity index (χ2v) is 5.18. The summed E-state index contributed by atoms with van der Waals surface area (Å²) in [6.07, 6.45) is 1.33. The van der Waals surface area contributed by atoms with E-state index in [4.69, 9.17) is 0 Å². The standard InChI is InChI=1S/C17H14N4O3/c1-10(22)11-3-2-4-12(7-11)20-17(24)21-13-5-6-15-14(8-13)16(23)19-9-18-15/h2-9H,1H3,(H,18,19,23)(H2,20,21,24). The van der Waals surface area contributed by atoms with Crippen LogP contribution in [0.2, 0.25) is 0 Å². The van der Waals surface area contributed by atoms with E-state index in [1.165, 1.54) is 13.3 Å². The summed E-state index contributed by atoms with van der Waals surface area (Å²) in [5.74, 6) is -0.0830. The number of benzene rings is 2. The van der Waals surface area contributed by atoms with E-state index < -0.39 is 6.03 Å². The third-order valence-electron chi connectivity index (χ3n) is 3.43. The lowest BCUT2D eigenvalue weighted by Crippen LogP contribution is -2.19. The van der Waals surface area contributed by atoms with Crippen LogP contribution in [0.1, 0.15) is 17.3 Å². The molecule has 0 saturated heterocycles. The minimum atomic E-state index is -0.477. The van der Waals surface area contributed by atoms with Crippen LogP contribution in [0, 0.1) is 0 Å². The number of hydrogen-bond acceptors (Lipinski definition) is 4. The molecule has 7 heteroatoms. The molecule has 0 radical (unpaired) electrons. The highest BCUT2D eigenvalue weighted by atomic mass is 16.2. The Hall–Kier alpha value is -3.48. The second-order valence-electron chi connectivity index (χ2n) is 5.18. The van der Waals surface area contributed by atoms with E-state index in [9.17, 15) is 14.4 Å². The summed E-state index contributed by atoms with van der Waals surface area (Å²) in [7, 11) is 0. The highest BCUT2D eigenvalue weighted by Gasteiger charge is 2.07. The van der Waals surface area contributed by atoms with Gasteiger partial charge in [0.1, 0.15) is 0 Å². The number of rotatable bonds is 3. The van der Waals surface area contributed by atoms with Crippen LogP contribution in [0.5, 0.6) is 0 Å². The van der Waals surface area contributed by atoms with Crippen LogP contribution in [0.4, 0.5) is 16.2 Å². The first-order chi connectivity index (χ1) is 11.5. The molecule has 0 aliphatic heterocycles. The summed E-state index contributed by atoms with van der Waals surface area (Å²) in [4.78, 5) is 41.7. The molecule has 3 aromatic rings. The van der Waals surface area contributed by atoms with Crippen LogP contribution in [-0.2, 0) is 0 Å². The number of aromatic nitrogens is 2. The van der Waals surface area contributed by atoms with Gasteiger partial charge in [-0.25, -0.2) is 9.78 Å². The van der Waals surface area contributed by atoms with E-state index in [0.29, 0.717) is 27.8 Å². The Morgan fingerprint density at radius 1 is 1.04 bits per heavy atom. The summed E-state index contributed by atoms with van der Waals surface area (Å²) in [6, 6.07) is 11.0. The van der Waals surface area contributed by atoms with Gasteiger partial charge in [-0.1, -0.05) is 12.1 Å². The van der Waals surface area contributed by atoms with E-state index in [0.717, 1.165) is 0 Å². The lowest BCUT2D eigenvalue weighted by atomic mass is 10.1. The molecular weight excluding hydrogens is 308 g/mol. The second kappa shape index (κ2) is 6.33. The molecule has 0 unspecified atom stereocenters. The number of carbonyl (C=O) groups is 2. The Morgan fingerprint density at radius 3 is 2.54 bits per heavy atom. The Labute approximate surface area is 136 Å². The third-order valence-corrected chi connectivity index (χ3v) is 3.43. The molecule has 120 valence electrons. The Kier molecular flexibility index (Phi) is 4.07. The van der Waals surface area contributed by atoms with Crippen molar-refractivity contribution < 1.29 is 9.59 Å². The zero-order valence-corrected chi connectivity index (χ0v) is 12.8.